The number of pyridine rings is 2. The second-order valence-electron chi connectivity index (χ2n) is 7.99. The number of hydrogen-bond donors (Lipinski definition) is 0. The number of nitrogens with zero attached hydrogens (tertiary/aromatic N) is 2. The van der Waals surface area contributed by atoms with E-state index in [2.05, 4.69) is 23.8 Å². The molecule has 156 valence electrons. The zero-order valence-corrected chi connectivity index (χ0v) is 17.6. The van der Waals surface area contributed by atoms with Crippen LogP contribution < -0.4 is 4.74 Å². The van der Waals surface area contributed by atoms with Crippen LogP contribution in [0.25, 0.3) is 10.9 Å². The van der Waals surface area contributed by atoms with Crippen LogP contribution in [0.5, 0.6) is 5.75 Å². The van der Waals surface area contributed by atoms with Crippen LogP contribution in [-0.2, 0) is 17.8 Å². The van der Waals surface area contributed by atoms with Gasteiger partial charge in [0.2, 0.25) is 0 Å². The zero-order chi connectivity index (χ0) is 20.9. The van der Waals surface area contributed by atoms with E-state index in [9.17, 15) is 4.79 Å². The number of carbonyl (C=O) groups is 1. The SMILES string of the molecule is CCCCCO[C@H]1C(=O)c2cc(OCc3ccc4ccccc4n3)cnc2C[C@@H]1C. The summed E-state index contributed by atoms with van der Waals surface area (Å²) in [6, 6.07) is 13.8. The Morgan fingerprint density at radius 2 is 2.00 bits per heavy atom. The van der Waals surface area contributed by atoms with Crippen molar-refractivity contribution < 1.29 is 14.3 Å². The van der Waals surface area contributed by atoms with Crippen molar-refractivity contribution in [2.24, 2.45) is 5.92 Å². The summed E-state index contributed by atoms with van der Waals surface area (Å²) in [5, 5.41) is 1.10. The molecule has 5 nitrogen and oxygen atoms in total. The second-order valence-corrected chi connectivity index (χ2v) is 7.99. The van der Waals surface area contributed by atoms with E-state index >= 15 is 0 Å². The lowest BCUT2D eigenvalue weighted by Crippen LogP contribution is -2.38. The van der Waals surface area contributed by atoms with Gasteiger partial charge < -0.3 is 9.47 Å². The lowest BCUT2D eigenvalue weighted by atomic mass is 9.84. The molecule has 1 aliphatic carbocycles. The van der Waals surface area contributed by atoms with Gasteiger partial charge in [0.05, 0.1) is 23.1 Å². The van der Waals surface area contributed by atoms with Gasteiger partial charge in [-0.25, -0.2) is 4.98 Å². The number of ether oxygens (including phenoxy) is 2. The molecule has 0 unspecified atom stereocenters. The molecule has 0 radical (unpaired) electrons. The molecule has 0 spiro atoms. The Kier molecular flexibility index (Phi) is 6.38. The highest BCUT2D eigenvalue weighted by Gasteiger charge is 2.34. The molecular weight excluding hydrogens is 376 g/mol. The van der Waals surface area contributed by atoms with Gasteiger partial charge in [0, 0.05) is 17.6 Å². The molecular formula is C25H28N2O3. The predicted molar refractivity (Wildman–Crippen MR) is 117 cm³/mol. The molecule has 0 saturated carbocycles. The van der Waals surface area contributed by atoms with Crippen LogP contribution in [0.3, 0.4) is 0 Å². The summed E-state index contributed by atoms with van der Waals surface area (Å²) in [4.78, 5) is 22.2. The highest BCUT2D eigenvalue weighted by molar-refractivity contribution is 6.02. The van der Waals surface area contributed by atoms with E-state index < -0.39 is 6.10 Å². The van der Waals surface area contributed by atoms with Gasteiger partial charge in [0.15, 0.2) is 5.78 Å². The van der Waals surface area contributed by atoms with Crippen molar-refractivity contribution in [2.75, 3.05) is 6.61 Å². The minimum Gasteiger partial charge on any atom is -0.486 e. The first-order chi connectivity index (χ1) is 14.7. The number of rotatable bonds is 8. The number of para-hydroxylation sites is 1. The van der Waals surface area contributed by atoms with Crippen LogP contribution in [0.15, 0.2) is 48.7 Å². The van der Waals surface area contributed by atoms with E-state index in [1.165, 1.54) is 0 Å². The van der Waals surface area contributed by atoms with Gasteiger partial charge in [0.1, 0.15) is 18.5 Å². The lowest BCUT2D eigenvalue weighted by molar-refractivity contribution is 0.0147. The number of Topliss-reactive ketones (excluding diaryl/α,β-unsaturated/α-hetero) is 1. The Hall–Kier alpha value is -2.79. The van der Waals surface area contributed by atoms with Crippen LogP contribution in [0.4, 0.5) is 0 Å². The lowest BCUT2D eigenvalue weighted by Gasteiger charge is -2.29. The first-order valence-corrected chi connectivity index (χ1v) is 10.8. The van der Waals surface area contributed by atoms with Crippen LogP contribution in [0.1, 0.15) is 54.9 Å². The number of hydrogen-bond acceptors (Lipinski definition) is 5. The molecule has 2 heterocycles. The maximum Gasteiger partial charge on any atom is 0.193 e. The molecule has 5 heteroatoms. The molecule has 0 amide bonds. The van der Waals surface area contributed by atoms with E-state index in [4.69, 9.17) is 9.47 Å². The second kappa shape index (κ2) is 9.35. The van der Waals surface area contributed by atoms with Gasteiger partial charge in [-0.05, 0) is 37.0 Å². The summed E-state index contributed by atoms with van der Waals surface area (Å²) in [6.07, 6.45) is 5.29. The fourth-order valence-corrected chi connectivity index (χ4v) is 3.90. The van der Waals surface area contributed by atoms with Crippen molar-refractivity contribution in [1.82, 2.24) is 9.97 Å². The average molecular weight is 405 g/mol. The third-order valence-electron chi connectivity index (χ3n) is 5.59. The topological polar surface area (TPSA) is 61.3 Å². The van der Waals surface area contributed by atoms with Gasteiger partial charge in [-0.3, -0.25) is 9.78 Å². The Morgan fingerprint density at radius 3 is 2.87 bits per heavy atom. The van der Waals surface area contributed by atoms with Gasteiger partial charge in [-0.2, -0.15) is 0 Å². The maximum absolute atomic E-state index is 13.0. The van der Waals surface area contributed by atoms with E-state index in [-0.39, 0.29) is 11.7 Å². The fourth-order valence-electron chi connectivity index (χ4n) is 3.90. The Bertz CT molecular complexity index is 1030. The van der Waals surface area contributed by atoms with Crippen LogP contribution in [0.2, 0.25) is 0 Å². The molecule has 0 fully saturated rings. The van der Waals surface area contributed by atoms with Gasteiger partial charge in [-0.1, -0.05) is 51.0 Å². The van der Waals surface area contributed by atoms with Crippen LogP contribution >= 0.6 is 0 Å². The molecule has 1 aromatic carbocycles. The molecule has 0 bridgehead atoms. The van der Waals surface area contributed by atoms with Crippen molar-refractivity contribution >= 4 is 16.7 Å². The van der Waals surface area contributed by atoms with Crippen molar-refractivity contribution in [2.45, 2.75) is 52.2 Å². The predicted octanol–water partition coefficient (Wildman–Crippen LogP) is 5.16. The van der Waals surface area contributed by atoms with E-state index in [0.717, 1.165) is 48.0 Å². The van der Waals surface area contributed by atoms with Crippen molar-refractivity contribution in [3.8, 4) is 5.75 Å². The number of fused-ring (bicyclic) bond motifs is 2. The molecule has 30 heavy (non-hydrogen) atoms. The Balaban J connectivity index is 1.45. The number of unbranched alkanes of at least 4 members (excludes halogenated alkanes) is 2. The number of aromatic nitrogens is 2. The first kappa shape index (κ1) is 20.5. The van der Waals surface area contributed by atoms with Crippen molar-refractivity contribution in [3.63, 3.8) is 0 Å². The maximum atomic E-state index is 13.0. The van der Waals surface area contributed by atoms with E-state index in [1.54, 1.807) is 12.3 Å². The summed E-state index contributed by atoms with van der Waals surface area (Å²) in [5.74, 6) is 0.728. The molecule has 0 aliphatic heterocycles. The smallest absolute Gasteiger partial charge is 0.193 e. The largest absolute Gasteiger partial charge is 0.486 e. The Labute approximate surface area is 177 Å². The van der Waals surface area contributed by atoms with Crippen LogP contribution in [-0.4, -0.2) is 28.5 Å². The number of carbonyl (C=O) groups excluding carboxylic acids is 1. The zero-order valence-electron chi connectivity index (χ0n) is 17.6. The first-order valence-electron chi connectivity index (χ1n) is 10.8. The average Bonchev–Trinajstić information content (AvgIpc) is 2.77. The Morgan fingerprint density at radius 1 is 1.13 bits per heavy atom. The minimum absolute atomic E-state index is 0.0158. The molecule has 1 aliphatic rings. The van der Waals surface area contributed by atoms with E-state index in [0.29, 0.717) is 24.5 Å². The quantitative estimate of drug-likeness (QED) is 0.485. The molecule has 2 atom stereocenters. The molecule has 2 aromatic heterocycles. The minimum atomic E-state index is -0.395. The standard InChI is InChI=1S/C25H28N2O3/c1-3-4-7-12-29-25-17(2)13-23-21(24(25)28)14-20(15-26-23)30-16-19-11-10-18-8-5-6-9-22(18)27-19/h5-6,8-11,14-15,17,25H,3-4,7,12-13,16H2,1-2H3/t17-,25+/m0/s1. The summed E-state index contributed by atoms with van der Waals surface area (Å²) in [5.41, 5.74) is 3.23. The summed E-state index contributed by atoms with van der Waals surface area (Å²) in [6.45, 7) is 5.17. The third-order valence-corrected chi connectivity index (χ3v) is 5.59. The van der Waals surface area contributed by atoms with Crippen molar-refractivity contribution in [1.29, 1.82) is 0 Å². The van der Waals surface area contributed by atoms with E-state index in [1.807, 2.05) is 36.4 Å². The molecule has 0 N–H and O–H groups in total. The number of benzene rings is 1. The fraction of sp³-hybridized carbons (Fsp3) is 0.400. The highest BCUT2D eigenvalue weighted by Crippen LogP contribution is 2.29. The third kappa shape index (κ3) is 4.51. The normalized spacial score (nSPS) is 18.4. The monoisotopic (exact) mass is 404 g/mol. The molecule has 4 rings (SSSR count). The molecule has 0 saturated heterocycles. The van der Waals surface area contributed by atoms with Gasteiger partial charge in [-0.15, -0.1) is 0 Å². The summed E-state index contributed by atoms with van der Waals surface area (Å²) < 4.78 is 11.9. The van der Waals surface area contributed by atoms with Gasteiger partial charge in [0.25, 0.3) is 0 Å². The summed E-state index contributed by atoms with van der Waals surface area (Å²) >= 11 is 0. The molecule has 3 aromatic rings. The summed E-state index contributed by atoms with van der Waals surface area (Å²) in [7, 11) is 0. The highest BCUT2D eigenvalue weighted by atomic mass is 16.5. The van der Waals surface area contributed by atoms with Crippen molar-refractivity contribution in [3.05, 3.63) is 65.6 Å². The van der Waals surface area contributed by atoms with Crippen LogP contribution in [0, 0.1) is 5.92 Å². The number of ketones is 1. The van der Waals surface area contributed by atoms with Gasteiger partial charge >= 0.3 is 0 Å².